The monoisotopic (exact) mass is 185 g/mol. The Balaban J connectivity index is 2.94. The summed E-state index contributed by atoms with van der Waals surface area (Å²) in [6, 6.07) is 8.56. The summed E-state index contributed by atoms with van der Waals surface area (Å²) in [7, 11) is 0. The van der Waals surface area contributed by atoms with Crippen molar-refractivity contribution in [3.05, 3.63) is 41.0 Å². The van der Waals surface area contributed by atoms with E-state index in [0.29, 0.717) is 0 Å². The largest absolute Gasteiger partial charge is 0.398 e. The highest BCUT2D eigenvalue weighted by atomic mass is 14.6. The second kappa shape index (κ2) is 3.02. The number of hydrogen-bond donors (Lipinski definition) is 1. The molecule has 0 amide bonds. The van der Waals surface area contributed by atoms with Gasteiger partial charge in [-0.05, 0) is 37.3 Å². The average molecular weight is 185 g/mol. The number of hydrogen-bond acceptors (Lipinski definition) is 1. The fourth-order valence-corrected chi connectivity index (χ4v) is 1.91. The zero-order valence-corrected chi connectivity index (χ0v) is 8.89. The van der Waals surface area contributed by atoms with Crippen LogP contribution in [0.2, 0.25) is 0 Å². The number of benzene rings is 2. The van der Waals surface area contributed by atoms with Gasteiger partial charge in [0.2, 0.25) is 0 Å². The van der Waals surface area contributed by atoms with Crippen LogP contribution in [0.4, 0.5) is 5.69 Å². The van der Waals surface area contributed by atoms with Crippen molar-refractivity contribution in [2.24, 2.45) is 0 Å². The van der Waals surface area contributed by atoms with Crippen LogP contribution < -0.4 is 5.73 Å². The first-order chi connectivity index (χ1) is 6.59. The number of anilines is 1. The molecule has 2 aromatic rings. The van der Waals surface area contributed by atoms with Gasteiger partial charge in [-0.15, -0.1) is 0 Å². The minimum atomic E-state index is 0.908. The molecule has 72 valence electrons. The molecule has 0 bridgehead atoms. The van der Waals surface area contributed by atoms with E-state index >= 15 is 0 Å². The highest BCUT2D eigenvalue weighted by Gasteiger charge is 2.04. The number of nitrogens with two attached hydrogens (primary N) is 1. The molecule has 14 heavy (non-hydrogen) atoms. The number of fused-ring (bicyclic) bond motifs is 1. The normalized spacial score (nSPS) is 10.8. The summed E-state index contributed by atoms with van der Waals surface area (Å²) in [5.74, 6) is 0. The number of nitrogen functional groups attached to an aromatic ring is 1. The minimum Gasteiger partial charge on any atom is -0.398 e. The van der Waals surface area contributed by atoms with Gasteiger partial charge in [-0.25, -0.2) is 0 Å². The zero-order chi connectivity index (χ0) is 10.3. The summed E-state index contributed by atoms with van der Waals surface area (Å²) in [4.78, 5) is 0. The van der Waals surface area contributed by atoms with Crippen molar-refractivity contribution in [2.45, 2.75) is 20.8 Å². The molecule has 1 nitrogen and oxygen atoms in total. The highest BCUT2D eigenvalue weighted by molar-refractivity contribution is 5.96. The third-order valence-electron chi connectivity index (χ3n) is 2.75. The van der Waals surface area contributed by atoms with Crippen molar-refractivity contribution in [1.82, 2.24) is 0 Å². The van der Waals surface area contributed by atoms with Crippen molar-refractivity contribution in [1.29, 1.82) is 0 Å². The van der Waals surface area contributed by atoms with Crippen LogP contribution in [0.1, 0.15) is 16.7 Å². The molecule has 0 spiro atoms. The number of aryl methyl sites for hydroxylation is 3. The summed E-state index contributed by atoms with van der Waals surface area (Å²) < 4.78 is 0. The van der Waals surface area contributed by atoms with E-state index in [1.807, 2.05) is 0 Å². The SMILES string of the molecule is Cc1ccc2c(N)c(C)cc(C)c2c1. The van der Waals surface area contributed by atoms with Gasteiger partial charge in [0.15, 0.2) is 0 Å². The molecular formula is C13H15N. The molecule has 0 heterocycles. The maximum absolute atomic E-state index is 6.04. The van der Waals surface area contributed by atoms with Crippen LogP contribution in [0, 0.1) is 20.8 Å². The summed E-state index contributed by atoms with van der Waals surface area (Å²) in [5, 5.41) is 2.45. The standard InChI is InChI=1S/C13H15N/c1-8-4-5-11-12(6-8)9(2)7-10(3)13(11)14/h4-7H,14H2,1-3H3. The van der Waals surface area contributed by atoms with E-state index in [-0.39, 0.29) is 0 Å². The molecule has 2 aromatic carbocycles. The van der Waals surface area contributed by atoms with Gasteiger partial charge in [0, 0.05) is 11.1 Å². The van der Waals surface area contributed by atoms with Gasteiger partial charge < -0.3 is 5.73 Å². The maximum Gasteiger partial charge on any atom is 0.0423 e. The van der Waals surface area contributed by atoms with E-state index in [2.05, 4.69) is 45.0 Å². The first-order valence-electron chi connectivity index (χ1n) is 4.85. The van der Waals surface area contributed by atoms with Crippen LogP contribution in [-0.2, 0) is 0 Å². The quantitative estimate of drug-likeness (QED) is 0.626. The summed E-state index contributed by atoms with van der Waals surface area (Å²) in [6.07, 6.45) is 0. The number of rotatable bonds is 0. The molecule has 0 aliphatic carbocycles. The van der Waals surface area contributed by atoms with Crippen LogP contribution >= 0.6 is 0 Å². The Bertz CT molecular complexity index is 498. The fourth-order valence-electron chi connectivity index (χ4n) is 1.91. The van der Waals surface area contributed by atoms with E-state index in [9.17, 15) is 0 Å². The molecular weight excluding hydrogens is 170 g/mol. The Kier molecular flexibility index (Phi) is 1.95. The molecule has 0 saturated carbocycles. The molecule has 0 aliphatic heterocycles. The molecule has 0 saturated heterocycles. The molecule has 1 heteroatoms. The molecule has 2 rings (SSSR count). The van der Waals surface area contributed by atoms with E-state index in [1.54, 1.807) is 0 Å². The van der Waals surface area contributed by atoms with Crippen LogP contribution in [-0.4, -0.2) is 0 Å². The molecule has 0 aromatic heterocycles. The zero-order valence-electron chi connectivity index (χ0n) is 8.89. The van der Waals surface area contributed by atoms with Gasteiger partial charge in [-0.2, -0.15) is 0 Å². The minimum absolute atomic E-state index is 0.908. The van der Waals surface area contributed by atoms with Crippen molar-refractivity contribution in [3.8, 4) is 0 Å². The van der Waals surface area contributed by atoms with Crippen molar-refractivity contribution in [3.63, 3.8) is 0 Å². The lowest BCUT2D eigenvalue weighted by atomic mass is 9.98. The van der Waals surface area contributed by atoms with E-state index < -0.39 is 0 Å². The maximum atomic E-state index is 6.04. The molecule has 0 aliphatic rings. The Morgan fingerprint density at radius 1 is 0.857 bits per heavy atom. The van der Waals surface area contributed by atoms with Crippen molar-refractivity contribution < 1.29 is 0 Å². The fraction of sp³-hybridized carbons (Fsp3) is 0.231. The smallest absolute Gasteiger partial charge is 0.0423 e. The van der Waals surface area contributed by atoms with E-state index in [4.69, 9.17) is 5.73 Å². The van der Waals surface area contributed by atoms with Gasteiger partial charge in [0.05, 0.1) is 0 Å². The Hall–Kier alpha value is -1.50. The van der Waals surface area contributed by atoms with Crippen LogP contribution in [0.3, 0.4) is 0 Å². The third kappa shape index (κ3) is 1.25. The molecule has 0 fully saturated rings. The van der Waals surface area contributed by atoms with E-state index in [0.717, 1.165) is 5.69 Å². The Morgan fingerprint density at radius 3 is 2.29 bits per heavy atom. The van der Waals surface area contributed by atoms with E-state index in [1.165, 1.54) is 27.5 Å². The molecule has 0 radical (unpaired) electrons. The lowest BCUT2D eigenvalue weighted by molar-refractivity contribution is 1.41. The predicted octanol–water partition coefficient (Wildman–Crippen LogP) is 3.35. The summed E-state index contributed by atoms with van der Waals surface area (Å²) in [5.41, 5.74) is 10.7. The van der Waals surface area contributed by atoms with Gasteiger partial charge >= 0.3 is 0 Å². The van der Waals surface area contributed by atoms with Crippen LogP contribution in [0.15, 0.2) is 24.3 Å². The average Bonchev–Trinajstić information content (AvgIpc) is 2.14. The molecule has 0 atom stereocenters. The van der Waals surface area contributed by atoms with Gasteiger partial charge in [-0.3, -0.25) is 0 Å². The molecule has 2 N–H and O–H groups in total. The van der Waals surface area contributed by atoms with Gasteiger partial charge in [0.25, 0.3) is 0 Å². The summed E-state index contributed by atoms with van der Waals surface area (Å²) in [6.45, 7) is 6.30. The Labute approximate surface area is 84.5 Å². The van der Waals surface area contributed by atoms with Gasteiger partial charge in [-0.1, -0.05) is 29.8 Å². The second-order valence-electron chi connectivity index (χ2n) is 3.97. The first-order valence-corrected chi connectivity index (χ1v) is 4.85. The second-order valence-corrected chi connectivity index (χ2v) is 3.97. The highest BCUT2D eigenvalue weighted by Crippen LogP contribution is 2.28. The summed E-state index contributed by atoms with van der Waals surface area (Å²) >= 11 is 0. The lowest BCUT2D eigenvalue weighted by Gasteiger charge is -2.09. The predicted molar refractivity (Wildman–Crippen MR) is 62.6 cm³/mol. The van der Waals surface area contributed by atoms with Crippen LogP contribution in [0.25, 0.3) is 10.8 Å². The van der Waals surface area contributed by atoms with Crippen molar-refractivity contribution >= 4 is 16.5 Å². The van der Waals surface area contributed by atoms with Crippen LogP contribution in [0.5, 0.6) is 0 Å². The lowest BCUT2D eigenvalue weighted by Crippen LogP contribution is -1.93. The first kappa shape index (κ1) is 9.07. The Morgan fingerprint density at radius 2 is 1.57 bits per heavy atom. The third-order valence-corrected chi connectivity index (χ3v) is 2.75. The van der Waals surface area contributed by atoms with Gasteiger partial charge in [0.1, 0.15) is 0 Å². The topological polar surface area (TPSA) is 26.0 Å². The van der Waals surface area contributed by atoms with Crippen molar-refractivity contribution in [2.75, 3.05) is 5.73 Å². The molecule has 0 unspecified atom stereocenters.